The molecule has 0 bridgehead atoms. The molecule has 0 amide bonds. The SMILES string of the molecule is Cc1c(-c2cc3cc(NC(O)OC4CC(O)C4)ncc3c(N)c2F)cnc2c1NCC1C[C@@H]21. The number of aromatic nitrogens is 2. The third-order valence-electron chi connectivity index (χ3n) is 7.13. The number of hydrogen-bond donors (Lipinski definition) is 5. The number of halogens is 1. The molecule has 2 aliphatic carbocycles. The molecule has 33 heavy (non-hydrogen) atoms. The fourth-order valence-corrected chi connectivity index (χ4v) is 5.00. The van der Waals surface area contributed by atoms with Gasteiger partial charge in [0, 0.05) is 41.4 Å². The van der Waals surface area contributed by atoms with Crippen LogP contribution in [-0.2, 0) is 4.74 Å². The molecule has 6 rings (SSSR count). The van der Waals surface area contributed by atoms with Crippen molar-refractivity contribution >= 4 is 28.0 Å². The Hall–Kier alpha value is -3.01. The van der Waals surface area contributed by atoms with E-state index in [1.54, 1.807) is 18.3 Å². The number of aliphatic hydroxyl groups is 2. The molecule has 2 saturated carbocycles. The summed E-state index contributed by atoms with van der Waals surface area (Å²) in [5, 5.41) is 26.9. The van der Waals surface area contributed by atoms with E-state index in [1.807, 2.05) is 6.92 Å². The molecule has 6 N–H and O–H groups in total. The molecule has 2 unspecified atom stereocenters. The first-order valence-electron chi connectivity index (χ1n) is 11.3. The Morgan fingerprint density at radius 1 is 1.21 bits per heavy atom. The molecule has 172 valence electrons. The second-order valence-electron chi connectivity index (χ2n) is 9.36. The standard InChI is InChI=1S/C24H26FN5O3/c1-10-17(8-29-23-15-3-12(15)7-28-22(10)23)16-2-11-4-19(27-9-18(11)21(26)20(16)25)30-24(32)33-14-5-13(31)6-14/h2,4,8-9,12-15,24,28,31-32H,3,5-7,26H2,1H3,(H,27,30)/t12?,13?,14?,15-,24?/m1/s1. The van der Waals surface area contributed by atoms with Gasteiger partial charge in [0.05, 0.1) is 29.3 Å². The van der Waals surface area contributed by atoms with E-state index in [4.69, 9.17) is 10.5 Å². The summed E-state index contributed by atoms with van der Waals surface area (Å²) < 4.78 is 20.8. The molecule has 3 atom stereocenters. The number of anilines is 3. The smallest absolute Gasteiger partial charge is 0.236 e. The molecular formula is C24H26FN5O3. The molecule has 0 spiro atoms. The molecule has 2 aromatic heterocycles. The number of benzene rings is 1. The van der Waals surface area contributed by atoms with Gasteiger partial charge >= 0.3 is 0 Å². The number of hydrogen-bond acceptors (Lipinski definition) is 8. The van der Waals surface area contributed by atoms with Crippen LogP contribution in [0.5, 0.6) is 0 Å². The van der Waals surface area contributed by atoms with Crippen molar-refractivity contribution in [1.29, 1.82) is 0 Å². The lowest BCUT2D eigenvalue weighted by Gasteiger charge is -2.32. The first kappa shape index (κ1) is 20.6. The summed E-state index contributed by atoms with van der Waals surface area (Å²) >= 11 is 0. The van der Waals surface area contributed by atoms with Gasteiger partial charge in [-0.3, -0.25) is 4.98 Å². The number of rotatable bonds is 5. The number of nitrogens with zero attached hydrogens (tertiary/aromatic N) is 2. The summed E-state index contributed by atoms with van der Waals surface area (Å²) in [5.41, 5.74) is 10.3. The quantitative estimate of drug-likeness (QED) is 0.296. The van der Waals surface area contributed by atoms with E-state index in [1.165, 1.54) is 6.20 Å². The molecule has 1 aromatic carbocycles. The molecule has 3 heterocycles. The van der Waals surface area contributed by atoms with E-state index in [9.17, 15) is 10.2 Å². The Labute approximate surface area is 190 Å². The average Bonchev–Trinajstić information content (AvgIpc) is 3.56. The van der Waals surface area contributed by atoms with Crippen molar-refractivity contribution in [1.82, 2.24) is 9.97 Å². The maximum Gasteiger partial charge on any atom is 0.236 e. The van der Waals surface area contributed by atoms with Crippen LogP contribution in [0.15, 0.2) is 24.5 Å². The zero-order chi connectivity index (χ0) is 22.9. The summed E-state index contributed by atoms with van der Waals surface area (Å²) in [6, 6.07) is 3.44. The summed E-state index contributed by atoms with van der Waals surface area (Å²) in [4.78, 5) is 8.91. The maximum absolute atomic E-state index is 15.3. The molecule has 3 aliphatic rings. The second kappa shape index (κ2) is 7.51. The molecule has 3 aromatic rings. The van der Waals surface area contributed by atoms with E-state index < -0.39 is 12.2 Å². The van der Waals surface area contributed by atoms with Gasteiger partial charge in [-0.15, -0.1) is 0 Å². The number of ether oxygens (including phenoxy) is 1. The van der Waals surface area contributed by atoms with E-state index in [2.05, 4.69) is 20.6 Å². The van der Waals surface area contributed by atoms with Gasteiger partial charge in [0.15, 0.2) is 5.82 Å². The van der Waals surface area contributed by atoms with Gasteiger partial charge < -0.3 is 31.3 Å². The third kappa shape index (κ3) is 3.47. The number of aliphatic hydroxyl groups excluding tert-OH is 2. The minimum absolute atomic E-state index is 0.0224. The predicted octanol–water partition coefficient (Wildman–Crippen LogP) is 3.08. The van der Waals surface area contributed by atoms with Gasteiger partial charge in [0.25, 0.3) is 0 Å². The number of nitrogens with one attached hydrogen (secondary N) is 2. The number of fused-ring (bicyclic) bond motifs is 4. The summed E-state index contributed by atoms with van der Waals surface area (Å²) in [5.74, 6) is 1.04. The van der Waals surface area contributed by atoms with E-state index in [-0.39, 0.29) is 17.9 Å². The lowest BCUT2D eigenvalue weighted by atomic mass is 9.92. The van der Waals surface area contributed by atoms with Gasteiger partial charge in [-0.2, -0.15) is 0 Å². The molecule has 8 nitrogen and oxygen atoms in total. The number of nitrogen functional groups attached to an aromatic ring is 1. The predicted molar refractivity (Wildman–Crippen MR) is 123 cm³/mol. The van der Waals surface area contributed by atoms with Crippen molar-refractivity contribution in [3.63, 3.8) is 0 Å². The normalized spacial score (nSPS) is 26.1. The van der Waals surface area contributed by atoms with Gasteiger partial charge in [-0.25, -0.2) is 9.37 Å². The van der Waals surface area contributed by atoms with Crippen LogP contribution in [-0.4, -0.2) is 45.3 Å². The van der Waals surface area contributed by atoms with Crippen LogP contribution in [0.1, 0.15) is 36.4 Å². The molecule has 1 aliphatic heterocycles. The third-order valence-corrected chi connectivity index (χ3v) is 7.13. The first-order valence-corrected chi connectivity index (χ1v) is 11.3. The Kier molecular flexibility index (Phi) is 4.69. The van der Waals surface area contributed by atoms with Gasteiger partial charge in [0.2, 0.25) is 6.41 Å². The van der Waals surface area contributed by atoms with Gasteiger partial charge in [0.1, 0.15) is 5.82 Å². The first-order chi connectivity index (χ1) is 15.9. The van der Waals surface area contributed by atoms with Crippen LogP contribution in [0.4, 0.5) is 21.6 Å². The summed E-state index contributed by atoms with van der Waals surface area (Å²) in [6.07, 6.45) is 3.52. The van der Waals surface area contributed by atoms with Gasteiger partial charge in [-0.1, -0.05) is 0 Å². The Morgan fingerprint density at radius 2 is 2.03 bits per heavy atom. The number of pyridine rings is 2. The van der Waals surface area contributed by atoms with Crippen LogP contribution < -0.4 is 16.4 Å². The van der Waals surface area contributed by atoms with Crippen molar-refractivity contribution in [2.75, 3.05) is 22.9 Å². The van der Waals surface area contributed by atoms with Crippen molar-refractivity contribution < 1.29 is 19.3 Å². The van der Waals surface area contributed by atoms with Crippen LogP contribution in [0, 0.1) is 18.7 Å². The lowest BCUT2D eigenvalue weighted by Crippen LogP contribution is -2.40. The van der Waals surface area contributed by atoms with Crippen LogP contribution in [0.3, 0.4) is 0 Å². The van der Waals surface area contributed by atoms with E-state index in [0.717, 1.165) is 29.9 Å². The van der Waals surface area contributed by atoms with E-state index >= 15 is 4.39 Å². The van der Waals surface area contributed by atoms with Crippen molar-refractivity contribution in [2.24, 2.45) is 5.92 Å². The minimum atomic E-state index is -1.27. The maximum atomic E-state index is 15.3. The minimum Gasteiger partial charge on any atom is -0.396 e. The van der Waals surface area contributed by atoms with Crippen molar-refractivity contribution in [2.45, 2.75) is 50.7 Å². The largest absolute Gasteiger partial charge is 0.396 e. The van der Waals surface area contributed by atoms with Crippen LogP contribution in [0.2, 0.25) is 0 Å². The second-order valence-corrected chi connectivity index (χ2v) is 9.36. The summed E-state index contributed by atoms with van der Waals surface area (Å²) in [6.45, 7) is 2.91. The van der Waals surface area contributed by atoms with Gasteiger partial charge in [-0.05, 0) is 55.2 Å². The Morgan fingerprint density at radius 3 is 2.82 bits per heavy atom. The highest BCUT2D eigenvalue weighted by Gasteiger charge is 2.44. The van der Waals surface area contributed by atoms with Crippen LogP contribution in [0.25, 0.3) is 21.9 Å². The topological polar surface area (TPSA) is 126 Å². The Bertz CT molecular complexity index is 1260. The zero-order valence-corrected chi connectivity index (χ0v) is 18.2. The highest BCUT2D eigenvalue weighted by molar-refractivity contribution is 5.98. The molecular weight excluding hydrogens is 425 g/mol. The van der Waals surface area contributed by atoms with Crippen molar-refractivity contribution in [3.8, 4) is 11.1 Å². The van der Waals surface area contributed by atoms with E-state index in [0.29, 0.717) is 52.4 Å². The van der Waals surface area contributed by atoms with Crippen LogP contribution >= 0.6 is 0 Å². The fourth-order valence-electron chi connectivity index (χ4n) is 5.00. The van der Waals surface area contributed by atoms with Crippen molar-refractivity contribution in [3.05, 3.63) is 41.6 Å². The monoisotopic (exact) mass is 451 g/mol. The molecule has 0 radical (unpaired) electrons. The highest BCUT2D eigenvalue weighted by atomic mass is 19.1. The Balaban J connectivity index is 1.34. The summed E-state index contributed by atoms with van der Waals surface area (Å²) in [7, 11) is 0. The fraction of sp³-hybridized carbons (Fsp3) is 0.417. The molecule has 2 fully saturated rings. The molecule has 9 heteroatoms. The average molecular weight is 452 g/mol. The number of nitrogens with two attached hydrogens (primary N) is 1. The zero-order valence-electron chi connectivity index (χ0n) is 18.2. The highest BCUT2D eigenvalue weighted by Crippen LogP contribution is 2.53. The lowest BCUT2D eigenvalue weighted by molar-refractivity contribution is -0.165. The molecule has 0 saturated heterocycles.